The summed E-state index contributed by atoms with van der Waals surface area (Å²) in [5.74, 6) is -1.72. The van der Waals surface area contributed by atoms with Crippen LogP contribution in [0.3, 0.4) is 0 Å². The summed E-state index contributed by atoms with van der Waals surface area (Å²) < 4.78 is 0. The van der Waals surface area contributed by atoms with Crippen LogP contribution in [0.1, 0.15) is 6.42 Å². The van der Waals surface area contributed by atoms with Crippen molar-refractivity contribution in [3.05, 3.63) is 56.5 Å². The Kier molecular flexibility index (Phi) is 8.29. The summed E-state index contributed by atoms with van der Waals surface area (Å²) in [4.78, 5) is 28.8. The van der Waals surface area contributed by atoms with Crippen LogP contribution in [0, 0.1) is 5.92 Å². The van der Waals surface area contributed by atoms with Gasteiger partial charge < -0.3 is 9.80 Å². The lowest BCUT2D eigenvalue weighted by molar-refractivity contribution is -0.132. The largest absolute Gasteiger partial charge is 0.315 e. The third-order valence-electron chi connectivity index (χ3n) is 4.12. The Hall–Kier alpha value is -1.17. The van der Waals surface area contributed by atoms with E-state index in [1.165, 1.54) is 9.80 Å². The van der Waals surface area contributed by atoms with Gasteiger partial charge in [-0.05, 0) is 42.8 Å². The highest BCUT2D eigenvalue weighted by molar-refractivity contribution is 6.36. The summed E-state index contributed by atoms with van der Waals surface area (Å²) in [7, 11) is 3.10. The van der Waals surface area contributed by atoms with Gasteiger partial charge in [-0.2, -0.15) is 0 Å². The third kappa shape index (κ3) is 5.68. The van der Waals surface area contributed by atoms with E-state index in [9.17, 15) is 9.59 Å². The number of amides is 2. The van der Waals surface area contributed by atoms with E-state index in [0.29, 0.717) is 31.5 Å². The summed E-state index contributed by atoms with van der Waals surface area (Å²) in [6, 6.07) is 9.48. The first-order valence-corrected chi connectivity index (χ1v) is 10.2. The zero-order valence-corrected chi connectivity index (χ0v) is 18.8. The zero-order valence-electron chi connectivity index (χ0n) is 15.1. The number of rotatable bonds is 6. The SMILES string of the molecule is CN(C(=O)C(CCCl)C(=O)N(C)c1cc(Cl)cc(Cl)c1)c1cc(Cl)cc(Cl)c1. The lowest BCUT2D eigenvalue weighted by atomic mass is 10.0. The number of benzene rings is 2. The molecule has 4 nitrogen and oxygen atoms in total. The molecular weight excluding hydrogens is 465 g/mol. The van der Waals surface area contributed by atoms with Gasteiger partial charge in [0.15, 0.2) is 0 Å². The fourth-order valence-electron chi connectivity index (χ4n) is 2.65. The third-order valence-corrected chi connectivity index (χ3v) is 5.22. The van der Waals surface area contributed by atoms with Crippen LogP contribution >= 0.6 is 58.0 Å². The molecule has 9 heteroatoms. The standard InChI is InChI=1S/C19H17Cl5N2O2/c1-25(15-7-11(21)5-12(22)8-15)18(27)17(3-4-20)19(28)26(2)16-9-13(23)6-14(24)10-16/h5-10,17H,3-4H2,1-2H3. The maximum Gasteiger partial charge on any atom is 0.239 e. The molecule has 2 amide bonds. The van der Waals surface area contributed by atoms with Crippen molar-refractivity contribution in [1.29, 1.82) is 0 Å². The van der Waals surface area contributed by atoms with E-state index in [1.54, 1.807) is 50.5 Å². The molecule has 0 aliphatic carbocycles. The number of halogens is 5. The van der Waals surface area contributed by atoms with Gasteiger partial charge in [-0.25, -0.2) is 0 Å². The number of hydrogen-bond acceptors (Lipinski definition) is 2. The molecule has 0 fully saturated rings. The van der Waals surface area contributed by atoms with E-state index in [1.807, 2.05) is 0 Å². The van der Waals surface area contributed by atoms with Crippen molar-refractivity contribution < 1.29 is 9.59 Å². The molecule has 150 valence electrons. The van der Waals surface area contributed by atoms with E-state index in [4.69, 9.17) is 58.0 Å². The molecule has 0 spiro atoms. The number of hydrogen-bond donors (Lipinski definition) is 0. The highest BCUT2D eigenvalue weighted by Gasteiger charge is 2.32. The maximum atomic E-state index is 13.0. The predicted molar refractivity (Wildman–Crippen MR) is 119 cm³/mol. The van der Waals surface area contributed by atoms with E-state index in [-0.39, 0.29) is 12.3 Å². The quantitative estimate of drug-likeness (QED) is 0.365. The maximum absolute atomic E-state index is 13.0. The normalized spacial score (nSPS) is 10.9. The van der Waals surface area contributed by atoms with Gasteiger partial charge in [0.2, 0.25) is 11.8 Å². The molecule has 28 heavy (non-hydrogen) atoms. The zero-order chi connectivity index (χ0) is 21.0. The van der Waals surface area contributed by atoms with Crippen LogP contribution in [0.2, 0.25) is 20.1 Å². The molecule has 0 bridgehead atoms. The highest BCUT2D eigenvalue weighted by Crippen LogP contribution is 2.29. The average molecular weight is 483 g/mol. The van der Waals surface area contributed by atoms with Crippen LogP contribution in [0.15, 0.2) is 36.4 Å². The number of alkyl halides is 1. The Morgan fingerprint density at radius 2 is 1.07 bits per heavy atom. The molecule has 0 aromatic heterocycles. The molecule has 0 aliphatic rings. The molecule has 0 saturated heterocycles. The molecule has 2 aromatic carbocycles. The van der Waals surface area contributed by atoms with Gasteiger partial charge in [0, 0.05) is 51.4 Å². The fraction of sp³-hybridized carbons (Fsp3) is 0.263. The van der Waals surface area contributed by atoms with Gasteiger partial charge in [-0.1, -0.05) is 46.4 Å². The average Bonchev–Trinajstić information content (AvgIpc) is 2.62. The molecule has 0 unspecified atom stereocenters. The Morgan fingerprint density at radius 1 is 0.750 bits per heavy atom. The van der Waals surface area contributed by atoms with Gasteiger partial charge >= 0.3 is 0 Å². The molecule has 0 heterocycles. The second-order valence-electron chi connectivity index (χ2n) is 6.08. The summed E-state index contributed by atoms with van der Waals surface area (Å²) in [5, 5.41) is 1.53. The highest BCUT2D eigenvalue weighted by atomic mass is 35.5. The topological polar surface area (TPSA) is 40.6 Å². The Bertz CT molecular complexity index is 781. The van der Waals surface area contributed by atoms with Crippen LogP contribution < -0.4 is 9.80 Å². The monoisotopic (exact) mass is 480 g/mol. The number of carbonyl (C=O) groups is 2. The second-order valence-corrected chi connectivity index (χ2v) is 8.20. The molecule has 0 saturated carbocycles. The summed E-state index contributed by atoms with van der Waals surface area (Å²) in [5.41, 5.74) is 0.951. The Labute approximate surface area is 188 Å². The van der Waals surface area contributed by atoms with E-state index in [2.05, 4.69) is 0 Å². The van der Waals surface area contributed by atoms with Gasteiger partial charge in [-0.15, -0.1) is 11.6 Å². The van der Waals surface area contributed by atoms with Crippen molar-refractivity contribution in [2.45, 2.75) is 6.42 Å². The van der Waals surface area contributed by atoms with Gasteiger partial charge in [0.1, 0.15) is 5.92 Å². The number of nitrogens with zero attached hydrogens (tertiary/aromatic N) is 2. The Balaban J connectivity index is 2.31. The van der Waals surface area contributed by atoms with Gasteiger partial charge in [-0.3, -0.25) is 9.59 Å². The molecule has 0 radical (unpaired) electrons. The lowest BCUT2D eigenvalue weighted by Crippen LogP contribution is -2.43. The molecule has 2 rings (SSSR count). The number of carbonyl (C=O) groups excluding carboxylic acids is 2. The van der Waals surface area contributed by atoms with Crippen molar-refractivity contribution >= 4 is 81.2 Å². The minimum Gasteiger partial charge on any atom is -0.315 e. The first-order valence-electron chi connectivity index (χ1n) is 8.17. The molecule has 2 aromatic rings. The van der Waals surface area contributed by atoms with Gasteiger partial charge in [0.05, 0.1) is 0 Å². The van der Waals surface area contributed by atoms with Crippen LogP contribution in [0.5, 0.6) is 0 Å². The lowest BCUT2D eigenvalue weighted by Gasteiger charge is -2.27. The van der Waals surface area contributed by atoms with Crippen LogP contribution in [0.25, 0.3) is 0 Å². The van der Waals surface area contributed by atoms with Crippen LogP contribution in [0.4, 0.5) is 11.4 Å². The minimum atomic E-state index is -0.997. The summed E-state index contributed by atoms with van der Waals surface area (Å²) >= 11 is 29.9. The Morgan fingerprint density at radius 3 is 1.36 bits per heavy atom. The van der Waals surface area contributed by atoms with Crippen LogP contribution in [-0.4, -0.2) is 31.8 Å². The molecule has 0 aliphatic heterocycles. The summed E-state index contributed by atoms with van der Waals surface area (Å²) in [6.07, 6.45) is 0.163. The van der Waals surface area contributed by atoms with Crippen molar-refractivity contribution in [2.75, 3.05) is 29.8 Å². The van der Waals surface area contributed by atoms with Crippen molar-refractivity contribution in [2.24, 2.45) is 5.92 Å². The van der Waals surface area contributed by atoms with Crippen molar-refractivity contribution in [3.8, 4) is 0 Å². The van der Waals surface area contributed by atoms with Crippen molar-refractivity contribution in [1.82, 2.24) is 0 Å². The molecule has 0 atom stereocenters. The van der Waals surface area contributed by atoms with E-state index in [0.717, 1.165) is 0 Å². The minimum absolute atomic E-state index is 0.135. The molecular formula is C19H17Cl5N2O2. The molecule has 0 N–H and O–H groups in total. The first kappa shape index (κ1) is 23.1. The fourth-order valence-corrected chi connectivity index (χ4v) is 3.90. The smallest absolute Gasteiger partial charge is 0.239 e. The second kappa shape index (κ2) is 10.0. The van der Waals surface area contributed by atoms with Crippen molar-refractivity contribution in [3.63, 3.8) is 0 Å². The number of anilines is 2. The predicted octanol–water partition coefficient (Wildman–Crippen LogP) is 6.17. The van der Waals surface area contributed by atoms with E-state index >= 15 is 0 Å². The first-order chi connectivity index (χ1) is 13.1. The van der Waals surface area contributed by atoms with E-state index < -0.39 is 17.7 Å². The van der Waals surface area contributed by atoms with Crippen LogP contribution in [-0.2, 0) is 9.59 Å². The summed E-state index contributed by atoms with van der Waals surface area (Å²) in [6.45, 7) is 0. The van der Waals surface area contributed by atoms with Gasteiger partial charge in [0.25, 0.3) is 0 Å².